The van der Waals surface area contributed by atoms with Gasteiger partial charge >= 0.3 is 12.1 Å². The summed E-state index contributed by atoms with van der Waals surface area (Å²) in [4.78, 5) is 29.6. The summed E-state index contributed by atoms with van der Waals surface area (Å²) in [5.74, 6) is -2.58. The van der Waals surface area contributed by atoms with Gasteiger partial charge in [-0.3, -0.25) is 4.79 Å². The van der Waals surface area contributed by atoms with E-state index in [2.05, 4.69) is 47.0 Å². The maximum Gasteiger partial charge on any atom is 0.490 e. The molecule has 2 aromatic carbocycles. The van der Waals surface area contributed by atoms with Crippen LogP contribution in [0.4, 0.5) is 24.5 Å². The molecule has 0 saturated carbocycles. The molecule has 0 bridgehead atoms. The number of likely N-dealkylation sites (N-methyl/N-ethyl adjacent to an activating group) is 1. The van der Waals surface area contributed by atoms with E-state index in [4.69, 9.17) is 19.2 Å². The second-order valence-electron chi connectivity index (χ2n) is 12.6. The predicted octanol–water partition coefficient (Wildman–Crippen LogP) is 4.12. The quantitative estimate of drug-likeness (QED) is 0.413. The van der Waals surface area contributed by atoms with Crippen LogP contribution in [-0.2, 0) is 19.6 Å². The third-order valence-corrected chi connectivity index (χ3v) is 11.3. The van der Waals surface area contributed by atoms with Crippen molar-refractivity contribution in [3.63, 3.8) is 0 Å². The van der Waals surface area contributed by atoms with Crippen LogP contribution in [0.15, 0.2) is 45.8 Å². The number of amides is 1. The molecule has 1 N–H and O–H groups in total. The van der Waals surface area contributed by atoms with Gasteiger partial charge in [0.1, 0.15) is 22.9 Å². The van der Waals surface area contributed by atoms with Crippen LogP contribution in [0.3, 0.4) is 0 Å². The number of halogens is 3. The van der Waals surface area contributed by atoms with Crippen LogP contribution in [-0.4, -0.2) is 105 Å². The summed E-state index contributed by atoms with van der Waals surface area (Å²) < 4.78 is 72.1. The smallest absolute Gasteiger partial charge is 0.490 e. The Morgan fingerprint density at radius 3 is 2.22 bits per heavy atom. The first-order chi connectivity index (χ1) is 23.0. The first kappa shape index (κ1) is 36.0. The zero-order valence-electron chi connectivity index (χ0n) is 28.0. The number of aryl methyl sites for hydroxylation is 4. The third-order valence-electron chi connectivity index (χ3n) is 9.22. The lowest BCUT2D eigenvalue weighted by Crippen LogP contribution is -2.51. The van der Waals surface area contributed by atoms with E-state index in [0.29, 0.717) is 25.4 Å². The zero-order valence-corrected chi connectivity index (χ0v) is 28.8. The molecule has 3 aliphatic heterocycles. The lowest BCUT2D eigenvalue weighted by atomic mass is 9.87. The Balaban J connectivity index is 0.000000606. The van der Waals surface area contributed by atoms with Crippen LogP contribution >= 0.6 is 0 Å². The Morgan fingerprint density at radius 2 is 1.61 bits per heavy atom. The number of sulfonamides is 1. The largest absolute Gasteiger partial charge is 0.490 e. The van der Waals surface area contributed by atoms with Gasteiger partial charge in [0.25, 0.3) is 0 Å². The van der Waals surface area contributed by atoms with E-state index in [0.717, 1.165) is 36.6 Å². The Kier molecular flexibility index (Phi) is 10.2. The number of carboxylic acid groups (broad SMARTS) is 1. The normalized spacial score (nSPS) is 20.0. The molecule has 12 nitrogen and oxygen atoms in total. The Hall–Kier alpha value is -4.31. The number of rotatable bonds is 5. The summed E-state index contributed by atoms with van der Waals surface area (Å²) in [5, 5.41) is 11.0. The maximum absolute atomic E-state index is 14.2. The van der Waals surface area contributed by atoms with Crippen LogP contribution in [0.25, 0.3) is 0 Å². The SMILES string of the molecule is Cc1ccc(C)c(N2CCN(C(=O)C3CN(S(=O)(=O)c4c(C)noc4C)C[C@H]3c3ccc4c(c3)OCCN4C)CC2)c1.O=C(O)C(F)(F)F. The lowest BCUT2D eigenvalue weighted by Gasteiger charge is -2.38. The van der Waals surface area contributed by atoms with Gasteiger partial charge in [0.15, 0.2) is 5.76 Å². The molecule has 1 amide bonds. The van der Waals surface area contributed by atoms with Crippen molar-refractivity contribution in [3.8, 4) is 5.75 Å². The van der Waals surface area contributed by atoms with E-state index in [1.165, 1.54) is 21.1 Å². The predicted molar refractivity (Wildman–Crippen MR) is 175 cm³/mol. The number of carbonyl (C=O) groups excluding carboxylic acids is 1. The van der Waals surface area contributed by atoms with Crippen LogP contribution in [0.5, 0.6) is 5.75 Å². The standard InChI is InChI=1S/C31H39N5O5S.C2HF3O2/c1-20-6-7-21(2)28(16-20)34-10-12-35(13-11-34)31(37)26-19-36(42(38,39)30-22(3)32-41-23(30)4)18-25(26)24-8-9-27-29(17-24)40-15-14-33(27)5;3-2(4,5)1(6)7/h6-9,16-17,25-26H,10-15,18-19H2,1-5H3;(H,6,7)/t25-,26?;/m0./s1. The number of alkyl halides is 3. The van der Waals surface area contributed by atoms with Crippen molar-refractivity contribution in [2.24, 2.45) is 5.92 Å². The first-order valence-electron chi connectivity index (χ1n) is 15.8. The average molecular weight is 708 g/mol. The van der Waals surface area contributed by atoms with Crippen molar-refractivity contribution < 1.29 is 45.5 Å². The fraction of sp³-hybridized carbons (Fsp3) is 0.485. The summed E-state index contributed by atoms with van der Waals surface area (Å²) in [6.45, 7) is 11.8. The minimum absolute atomic E-state index is 0.00664. The van der Waals surface area contributed by atoms with E-state index in [1.54, 1.807) is 13.8 Å². The minimum Gasteiger partial charge on any atom is -0.490 e. The number of fused-ring (bicyclic) bond motifs is 1. The molecule has 1 unspecified atom stereocenters. The van der Waals surface area contributed by atoms with Crippen molar-refractivity contribution in [1.29, 1.82) is 0 Å². The third kappa shape index (κ3) is 7.49. The number of carbonyl (C=O) groups is 2. The number of hydrogen-bond donors (Lipinski definition) is 1. The highest BCUT2D eigenvalue weighted by Crippen LogP contribution is 2.41. The highest BCUT2D eigenvalue weighted by molar-refractivity contribution is 7.89. The minimum atomic E-state index is -5.08. The van der Waals surface area contributed by atoms with Crippen LogP contribution < -0.4 is 14.5 Å². The molecule has 0 spiro atoms. The molecule has 0 radical (unpaired) electrons. The van der Waals surface area contributed by atoms with Gasteiger partial charge in [-0.25, -0.2) is 13.2 Å². The Morgan fingerprint density at radius 1 is 0.939 bits per heavy atom. The van der Waals surface area contributed by atoms with Crippen LogP contribution in [0.1, 0.15) is 34.1 Å². The molecule has 16 heteroatoms. The molecule has 3 aromatic rings. The molecule has 2 fully saturated rings. The summed E-state index contributed by atoms with van der Waals surface area (Å²) in [5.41, 5.74) is 5.86. The Bertz CT molecular complexity index is 1800. The molecule has 266 valence electrons. The van der Waals surface area contributed by atoms with Crippen molar-refractivity contribution in [2.45, 2.75) is 44.7 Å². The molecular weight excluding hydrogens is 667 g/mol. The Labute approximate surface area is 283 Å². The van der Waals surface area contributed by atoms with Crippen molar-refractivity contribution in [2.75, 3.05) is 69.3 Å². The highest BCUT2D eigenvalue weighted by Gasteiger charge is 2.46. The number of ether oxygens (including phenoxy) is 1. The second kappa shape index (κ2) is 13.9. The van der Waals surface area contributed by atoms with Crippen molar-refractivity contribution in [3.05, 3.63) is 64.5 Å². The molecule has 49 heavy (non-hydrogen) atoms. The topological polar surface area (TPSA) is 137 Å². The number of piperazine rings is 1. The van der Waals surface area contributed by atoms with E-state index < -0.39 is 28.1 Å². The molecular formula is C33H40F3N5O7S. The fourth-order valence-corrected chi connectivity index (χ4v) is 8.37. The molecule has 2 atom stereocenters. The molecule has 0 aliphatic carbocycles. The number of carboxylic acids is 1. The lowest BCUT2D eigenvalue weighted by molar-refractivity contribution is -0.192. The number of anilines is 2. The zero-order chi connectivity index (χ0) is 35.8. The summed E-state index contributed by atoms with van der Waals surface area (Å²) >= 11 is 0. The van der Waals surface area contributed by atoms with Gasteiger partial charge in [-0.05, 0) is 62.6 Å². The number of aliphatic carboxylic acids is 1. The van der Waals surface area contributed by atoms with Crippen LogP contribution in [0, 0.1) is 33.6 Å². The summed E-state index contributed by atoms with van der Waals surface area (Å²) in [7, 11) is -1.89. The van der Waals surface area contributed by atoms with Crippen LogP contribution in [0.2, 0.25) is 0 Å². The first-order valence-corrected chi connectivity index (χ1v) is 17.2. The van der Waals surface area contributed by atoms with Gasteiger partial charge in [-0.1, -0.05) is 23.4 Å². The van der Waals surface area contributed by atoms with E-state index in [-0.39, 0.29) is 35.6 Å². The molecule has 3 aliphatic rings. The number of nitrogens with zero attached hydrogens (tertiary/aromatic N) is 5. The van der Waals surface area contributed by atoms with Gasteiger partial charge in [0, 0.05) is 57.9 Å². The fourth-order valence-electron chi connectivity index (χ4n) is 6.59. The average Bonchev–Trinajstić information content (AvgIpc) is 3.66. The van der Waals surface area contributed by atoms with Crippen molar-refractivity contribution >= 4 is 33.3 Å². The molecule has 6 rings (SSSR count). The van der Waals surface area contributed by atoms with Gasteiger partial charge in [-0.2, -0.15) is 17.5 Å². The van der Waals surface area contributed by atoms with Crippen molar-refractivity contribution in [1.82, 2.24) is 14.4 Å². The van der Waals surface area contributed by atoms with E-state index in [1.807, 2.05) is 30.1 Å². The van der Waals surface area contributed by atoms with E-state index >= 15 is 0 Å². The highest BCUT2D eigenvalue weighted by atomic mass is 32.2. The summed E-state index contributed by atoms with van der Waals surface area (Å²) in [6, 6.07) is 12.5. The maximum atomic E-state index is 14.2. The summed E-state index contributed by atoms with van der Waals surface area (Å²) in [6.07, 6.45) is -5.08. The monoisotopic (exact) mass is 707 g/mol. The molecule has 1 aromatic heterocycles. The molecule has 2 saturated heterocycles. The molecule has 4 heterocycles. The van der Waals surface area contributed by atoms with Gasteiger partial charge < -0.3 is 29.1 Å². The number of aromatic nitrogens is 1. The van der Waals surface area contributed by atoms with Gasteiger partial charge in [0.05, 0.1) is 18.2 Å². The second-order valence-corrected chi connectivity index (χ2v) is 14.5. The number of hydrogen-bond acceptors (Lipinski definition) is 9. The number of benzene rings is 2. The van der Waals surface area contributed by atoms with Gasteiger partial charge in [0.2, 0.25) is 15.9 Å². The van der Waals surface area contributed by atoms with E-state index in [9.17, 15) is 26.4 Å². The van der Waals surface area contributed by atoms with Gasteiger partial charge in [-0.15, -0.1) is 0 Å².